The summed E-state index contributed by atoms with van der Waals surface area (Å²) in [5, 5.41) is 23.5. The van der Waals surface area contributed by atoms with Crippen LogP contribution >= 0.6 is 0 Å². The van der Waals surface area contributed by atoms with Gasteiger partial charge in [0.2, 0.25) is 6.17 Å². The first-order valence-electron chi connectivity index (χ1n) is 5.50. The van der Waals surface area contributed by atoms with Gasteiger partial charge in [-0.3, -0.25) is 0 Å². The molecule has 3 N–H and O–H groups in total. The van der Waals surface area contributed by atoms with Crippen LogP contribution in [0.3, 0.4) is 0 Å². The first-order chi connectivity index (χ1) is 10.7. The Balaban J connectivity index is 0. The van der Waals surface area contributed by atoms with E-state index in [4.69, 9.17) is 15.3 Å². The average molecular weight is 412 g/mol. The van der Waals surface area contributed by atoms with Gasteiger partial charge in [-0.2, -0.15) is 52.7 Å². The van der Waals surface area contributed by atoms with Crippen LogP contribution in [0.1, 0.15) is 0 Å². The lowest BCUT2D eigenvalue weighted by atomic mass is 10.00. The second-order valence-electron chi connectivity index (χ2n) is 4.20. The van der Waals surface area contributed by atoms with Crippen molar-refractivity contribution in [3.8, 4) is 0 Å². The Bertz CT molecular complexity index is 403. The van der Waals surface area contributed by atoms with Gasteiger partial charge in [-0.05, 0) is 0 Å². The van der Waals surface area contributed by atoms with E-state index in [9.17, 15) is 57.1 Å². The van der Waals surface area contributed by atoms with E-state index < -0.39 is 55.6 Å². The molecule has 2 atom stereocenters. The van der Waals surface area contributed by atoms with Gasteiger partial charge in [0.25, 0.3) is 0 Å². The Morgan fingerprint density at radius 2 is 1.04 bits per heavy atom. The molecule has 3 nitrogen and oxygen atoms in total. The Labute approximate surface area is 129 Å². The molecule has 0 aliphatic carbocycles. The molecule has 0 amide bonds. The topological polar surface area (TPSA) is 60.7 Å². The van der Waals surface area contributed by atoms with Gasteiger partial charge in [-0.1, -0.05) is 0 Å². The number of halogens is 13. The van der Waals surface area contributed by atoms with Crippen LogP contribution in [0.5, 0.6) is 0 Å². The molecule has 0 fully saturated rings. The maximum Gasteiger partial charge on any atom is 0.456 e. The number of alkyl halides is 13. The number of aliphatic hydroxyl groups is 3. The predicted molar refractivity (Wildman–Crippen MR) is 52.0 cm³/mol. The molecule has 0 saturated carbocycles. The molecule has 0 rings (SSSR count). The lowest BCUT2D eigenvalue weighted by Gasteiger charge is -2.33. The lowest BCUT2D eigenvalue weighted by molar-refractivity contribution is -0.367. The van der Waals surface area contributed by atoms with Crippen molar-refractivity contribution >= 4 is 0 Å². The monoisotopic (exact) mass is 412 g/mol. The molecule has 0 bridgehead atoms. The molecule has 0 aliphatic rings. The molecular formula is C9H9F13O3. The summed E-state index contributed by atoms with van der Waals surface area (Å²) in [5.74, 6) is -18.2. The highest BCUT2D eigenvalue weighted by atomic mass is 19.4. The summed E-state index contributed by atoms with van der Waals surface area (Å²) < 4.78 is 153. The van der Waals surface area contributed by atoms with Crippen LogP contribution in [-0.4, -0.2) is 70.9 Å². The van der Waals surface area contributed by atoms with Crippen molar-refractivity contribution in [1.29, 1.82) is 0 Å². The molecule has 0 radical (unpaired) electrons. The summed E-state index contributed by atoms with van der Waals surface area (Å²) in [6.45, 7) is -4.20. The molecule has 2 unspecified atom stereocenters. The molecule has 0 saturated heterocycles. The third-order valence-electron chi connectivity index (χ3n) is 2.27. The van der Waals surface area contributed by atoms with Crippen LogP contribution < -0.4 is 0 Å². The maximum absolute atomic E-state index is 12.5. The van der Waals surface area contributed by atoms with Gasteiger partial charge >= 0.3 is 30.1 Å². The Hall–Kier alpha value is -1.03. The summed E-state index contributed by atoms with van der Waals surface area (Å²) in [5.41, 5.74) is 0. The average Bonchev–Trinajstić information content (AvgIpc) is 2.43. The molecule has 0 aliphatic heterocycles. The van der Waals surface area contributed by atoms with Crippen molar-refractivity contribution in [2.45, 2.75) is 42.4 Å². The highest BCUT2D eigenvalue weighted by molar-refractivity contribution is 4.99. The lowest BCUT2D eigenvalue weighted by Crippen LogP contribution is -2.62. The van der Waals surface area contributed by atoms with Crippen LogP contribution in [0.2, 0.25) is 0 Å². The summed E-state index contributed by atoms with van der Waals surface area (Å²) in [4.78, 5) is 0. The minimum absolute atomic E-state index is 1.50. The van der Waals surface area contributed by atoms with E-state index in [-0.39, 0.29) is 0 Å². The van der Waals surface area contributed by atoms with Crippen LogP contribution in [0.4, 0.5) is 57.1 Å². The Kier molecular flexibility index (Phi) is 8.50. The zero-order valence-electron chi connectivity index (χ0n) is 11.3. The molecule has 0 spiro atoms. The maximum atomic E-state index is 12.5. The summed E-state index contributed by atoms with van der Waals surface area (Å²) in [6.07, 6.45) is -19.7. The predicted octanol–water partition coefficient (Wildman–Crippen LogP) is 2.69. The Morgan fingerprint density at radius 3 is 1.20 bits per heavy atom. The number of aliphatic hydroxyl groups excluding tert-OH is 3. The van der Waals surface area contributed by atoms with E-state index in [0.29, 0.717) is 0 Å². The van der Waals surface area contributed by atoms with Gasteiger partial charge < -0.3 is 15.3 Å². The van der Waals surface area contributed by atoms with Crippen molar-refractivity contribution in [1.82, 2.24) is 0 Å². The fourth-order valence-electron chi connectivity index (χ4n) is 0.792. The van der Waals surface area contributed by atoms with E-state index >= 15 is 0 Å². The standard InChI is InChI=1S/C6H5F9O2.C3H4F4O/c7-3(8,1-16)4(9,10)2(17)5(11,12)6(13,14)15;4-2(1-8)3(5,6)7/h2,16-17H,1H2;2,8H,1H2. The van der Waals surface area contributed by atoms with E-state index in [1.807, 2.05) is 0 Å². The summed E-state index contributed by atoms with van der Waals surface area (Å²) in [7, 11) is 0. The SMILES string of the molecule is OCC(F)(F)C(F)(F)C(O)C(F)(F)C(F)(F)F.OCC(F)C(F)(F)F. The van der Waals surface area contributed by atoms with Crippen molar-refractivity contribution in [2.24, 2.45) is 0 Å². The number of hydrogen-bond donors (Lipinski definition) is 3. The van der Waals surface area contributed by atoms with E-state index in [2.05, 4.69) is 0 Å². The van der Waals surface area contributed by atoms with Crippen molar-refractivity contribution in [3.05, 3.63) is 0 Å². The molecule has 0 aromatic carbocycles. The van der Waals surface area contributed by atoms with Crippen molar-refractivity contribution < 1.29 is 72.4 Å². The largest absolute Gasteiger partial charge is 0.456 e. The zero-order valence-corrected chi connectivity index (χ0v) is 11.3. The second kappa shape index (κ2) is 8.11. The molecule has 0 aromatic heterocycles. The van der Waals surface area contributed by atoms with Gasteiger partial charge in [0.1, 0.15) is 6.61 Å². The third-order valence-corrected chi connectivity index (χ3v) is 2.27. The van der Waals surface area contributed by atoms with Gasteiger partial charge in [0.15, 0.2) is 6.10 Å². The van der Waals surface area contributed by atoms with E-state index in [1.54, 1.807) is 0 Å². The van der Waals surface area contributed by atoms with Crippen LogP contribution in [-0.2, 0) is 0 Å². The molecule has 0 heterocycles. The van der Waals surface area contributed by atoms with Gasteiger partial charge in [-0.25, -0.2) is 4.39 Å². The van der Waals surface area contributed by atoms with Crippen LogP contribution in [0.15, 0.2) is 0 Å². The molecule has 0 aromatic rings. The highest BCUT2D eigenvalue weighted by Gasteiger charge is 2.74. The second-order valence-corrected chi connectivity index (χ2v) is 4.20. The van der Waals surface area contributed by atoms with Gasteiger partial charge in [0, 0.05) is 0 Å². The van der Waals surface area contributed by atoms with Crippen LogP contribution in [0, 0.1) is 0 Å². The van der Waals surface area contributed by atoms with E-state index in [1.165, 1.54) is 0 Å². The van der Waals surface area contributed by atoms with Gasteiger partial charge in [-0.15, -0.1) is 0 Å². The first kappa shape index (κ1) is 26.2. The number of hydrogen-bond acceptors (Lipinski definition) is 3. The molecule has 154 valence electrons. The minimum atomic E-state index is -6.64. The smallest absolute Gasteiger partial charge is 0.393 e. The summed E-state index contributed by atoms with van der Waals surface area (Å²) >= 11 is 0. The van der Waals surface area contributed by atoms with E-state index in [0.717, 1.165) is 0 Å². The minimum Gasteiger partial charge on any atom is -0.393 e. The Morgan fingerprint density at radius 1 is 0.680 bits per heavy atom. The van der Waals surface area contributed by atoms with Gasteiger partial charge in [0.05, 0.1) is 6.61 Å². The number of rotatable bonds is 5. The molecule has 16 heteroatoms. The molecule has 25 heavy (non-hydrogen) atoms. The molecular weight excluding hydrogens is 403 g/mol. The summed E-state index contributed by atoms with van der Waals surface area (Å²) in [6, 6.07) is 0. The quantitative estimate of drug-likeness (QED) is 0.609. The van der Waals surface area contributed by atoms with Crippen LogP contribution in [0.25, 0.3) is 0 Å². The fraction of sp³-hybridized carbons (Fsp3) is 1.00. The normalized spacial score (nSPS) is 16.8. The van der Waals surface area contributed by atoms with Crippen molar-refractivity contribution in [3.63, 3.8) is 0 Å². The highest BCUT2D eigenvalue weighted by Crippen LogP contribution is 2.47. The fourth-order valence-corrected chi connectivity index (χ4v) is 0.792. The third kappa shape index (κ3) is 6.32. The van der Waals surface area contributed by atoms with Crippen molar-refractivity contribution in [2.75, 3.05) is 13.2 Å². The zero-order chi connectivity index (χ0) is 21.1. The first-order valence-corrected chi connectivity index (χ1v) is 5.50.